The maximum Gasteiger partial charge on any atom is 0.257 e. The van der Waals surface area contributed by atoms with Crippen molar-refractivity contribution >= 4 is 17.5 Å². The van der Waals surface area contributed by atoms with Crippen LogP contribution in [-0.4, -0.2) is 24.6 Å². The monoisotopic (exact) mass is 312 g/mol. The van der Waals surface area contributed by atoms with E-state index in [9.17, 15) is 4.79 Å². The predicted octanol–water partition coefficient (Wildman–Crippen LogP) is 3.13. The number of amides is 1. The molecule has 5 heteroatoms. The van der Waals surface area contributed by atoms with Crippen molar-refractivity contribution in [2.45, 2.75) is 46.2 Å². The molecular formula is C16H25ClN2O2. The molecule has 0 aliphatic heterocycles. The molecule has 0 unspecified atom stereocenters. The Bertz CT molecular complexity index is 470. The first-order valence-corrected chi connectivity index (χ1v) is 7.63. The third kappa shape index (κ3) is 6.82. The van der Waals surface area contributed by atoms with Gasteiger partial charge in [-0.05, 0) is 39.3 Å². The second-order valence-electron chi connectivity index (χ2n) is 5.96. The lowest BCUT2D eigenvalue weighted by Crippen LogP contribution is -2.35. The largest absolute Gasteiger partial charge is 0.483 e. The van der Waals surface area contributed by atoms with Crippen LogP contribution in [0.25, 0.3) is 0 Å². The number of nitrogens with one attached hydrogen (secondary N) is 2. The highest BCUT2D eigenvalue weighted by Crippen LogP contribution is 2.26. The summed E-state index contributed by atoms with van der Waals surface area (Å²) in [5.41, 5.74) is 0.854. The van der Waals surface area contributed by atoms with Gasteiger partial charge in [0.15, 0.2) is 6.61 Å². The van der Waals surface area contributed by atoms with Crippen molar-refractivity contribution < 1.29 is 9.53 Å². The molecule has 21 heavy (non-hydrogen) atoms. The summed E-state index contributed by atoms with van der Waals surface area (Å²) in [6, 6.07) is 5.48. The van der Waals surface area contributed by atoms with Gasteiger partial charge >= 0.3 is 0 Å². The van der Waals surface area contributed by atoms with E-state index in [1.807, 2.05) is 25.1 Å². The molecule has 0 spiro atoms. The number of hydrogen-bond acceptors (Lipinski definition) is 3. The lowest BCUT2D eigenvalue weighted by molar-refractivity contribution is -0.123. The van der Waals surface area contributed by atoms with E-state index in [4.69, 9.17) is 16.3 Å². The number of hydrogen-bond donors (Lipinski definition) is 2. The van der Waals surface area contributed by atoms with E-state index < -0.39 is 0 Å². The van der Waals surface area contributed by atoms with E-state index >= 15 is 0 Å². The minimum Gasteiger partial charge on any atom is -0.483 e. The Morgan fingerprint density at radius 2 is 2.05 bits per heavy atom. The molecule has 1 rings (SSSR count). The summed E-state index contributed by atoms with van der Waals surface area (Å²) in [7, 11) is 0. The quantitative estimate of drug-likeness (QED) is 0.813. The van der Waals surface area contributed by atoms with Gasteiger partial charge in [-0.2, -0.15) is 0 Å². The minimum absolute atomic E-state index is 0.00284. The van der Waals surface area contributed by atoms with Gasteiger partial charge in [-0.15, -0.1) is 0 Å². The average molecular weight is 313 g/mol. The van der Waals surface area contributed by atoms with Gasteiger partial charge in [-0.1, -0.05) is 24.6 Å². The molecule has 0 aliphatic rings. The van der Waals surface area contributed by atoms with Gasteiger partial charge in [0.2, 0.25) is 0 Å². The van der Waals surface area contributed by atoms with Gasteiger partial charge < -0.3 is 15.4 Å². The molecule has 0 bridgehead atoms. The zero-order chi connectivity index (χ0) is 15.9. The molecule has 0 aromatic heterocycles. The topological polar surface area (TPSA) is 50.4 Å². The van der Waals surface area contributed by atoms with Crippen LogP contribution >= 0.6 is 11.6 Å². The van der Waals surface area contributed by atoms with Crippen LogP contribution in [0.5, 0.6) is 5.75 Å². The van der Waals surface area contributed by atoms with Crippen LogP contribution in [0, 0.1) is 0 Å². The highest BCUT2D eigenvalue weighted by molar-refractivity contribution is 6.31. The van der Waals surface area contributed by atoms with Crippen molar-refractivity contribution in [2.75, 3.05) is 13.2 Å². The van der Waals surface area contributed by atoms with Crippen LogP contribution in [0.4, 0.5) is 0 Å². The van der Waals surface area contributed by atoms with Crippen LogP contribution in [0.1, 0.15) is 39.7 Å². The van der Waals surface area contributed by atoms with Crippen molar-refractivity contribution in [1.82, 2.24) is 10.6 Å². The number of halogens is 1. The molecule has 1 aromatic carbocycles. The molecule has 0 fully saturated rings. The van der Waals surface area contributed by atoms with Crippen LogP contribution < -0.4 is 15.4 Å². The Hall–Kier alpha value is -1.26. The SMILES string of the molecule is CCCNC(=O)COc1cccc(Cl)c1CNC(C)(C)C. The fourth-order valence-corrected chi connectivity index (χ4v) is 1.89. The summed E-state index contributed by atoms with van der Waals surface area (Å²) in [5, 5.41) is 6.79. The van der Waals surface area contributed by atoms with Crippen LogP contribution in [0.15, 0.2) is 18.2 Å². The number of carbonyl (C=O) groups excluding carboxylic acids is 1. The zero-order valence-electron chi connectivity index (χ0n) is 13.3. The van der Waals surface area contributed by atoms with Gasteiger partial charge in [-0.25, -0.2) is 0 Å². The standard InChI is InChI=1S/C16H25ClN2O2/c1-5-9-18-15(20)11-21-14-8-6-7-13(17)12(14)10-19-16(2,3)4/h6-8,19H,5,9-11H2,1-4H3,(H,18,20). The third-order valence-electron chi connectivity index (χ3n) is 2.80. The number of benzene rings is 1. The Balaban J connectivity index is 2.69. The van der Waals surface area contributed by atoms with Crippen LogP contribution in [0.3, 0.4) is 0 Å². The Labute approximate surface area is 132 Å². The third-order valence-corrected chi connectivity index (χ3v) is 3.16. The summed E-state index contributed by atoms with van der Waals surface area (Å²) in [4.78, 5) is 11.6. The summed E-state index contributed by atoms with van der Waals surface area (Å²) in [6.45, 7) is 9.52. The fourth-order valence-electron chi connectivity index (χ4n) is 1.66. The van der Waals surface area contributed by atoms with Crippen molar-refractivity contribution in [3.8, 4) is 5.75 Å². The summed E-state index contributed by atoms with van der Waals surface area (Å²) in [5.74, 6) is 0.525. The fraction of sp³-hybridized carbons (Fsp3) is 0.562. The smallest absolute Gasteiger partial charge is 0.257 e. The molecule has 1 aromatic rings. The van der Waals surface area contributed by atoms with Gasteiger partial charge in [-0.3, -0.25) is 4.79 Å². The Kier molecular flexibility index (Phi) is 6.99. The Morgan fingerprint density at radius 3 is 2.67 bits per heavy atom. The maximum atomic E-state index is 11.6. The van der Waals surface area contributed by atoms with Crippen molar-refractivity contribution in [2.24, 2.45) is 0 Å². The molecule has 118 valence electrons. The highest BCUT2D eigenvalue weighted by atomic mass is 35.5. The summed E-state index contributed by atoms with van der Waals surface area (Å²) >= 11 is 6.24. The highest BCUT2D eigenvalue weighted by Gasteiger charge is 2.14. The van der Waals surface area contributed by atoms with E-state index in [1.54, 1.807) is 0 Å². The average Bonchev–Trinajstić information content (AvgIpc) is 2.40. The van der Waals surface area contributed by atoms with Gasteiger partial charge in [0, 0.05) is 29.2 Å². The molecule has 4 nitrogen and oxygen atoms in total. The van der Waals surface area contributed by atoms with E-state index in [0.717, 1.165) is 12.0 Å². The number of ether oxygens (including phenoxy) is 1. The molecule has 2 N–H and O–H groups in total. The summed E-state index contributed by atoms with van der Waals surface area (Å²) in [6.07, 6.45) is 0.906. The molecule has 0 atom stereocenters. The maximum absolute atomic E-state index is 11.6. The number of rotatable bonds is 7. The van der Waals surface area contributed by atoms with E-state index in [1.165, 1.54) is 0 Å². The molecular weight excluding hydrogens is 288 g/mol. The van der Waals surface area contributed by atoms with Crippen molar-refractivity contribution in [3.05, 3.63) is 28.8 Å². The van der Waals surface area contributed by atoms with E-state index in [0.29, 0.717) is 23.9 Å². The lowest BCUT2D eigenvalue weighted by Gasteiger charge is -2.22. The summed E-state index contributed by atoms with van der Waals surface area (Å²) < 4.78 is 5.61. The minimum atomic E-state index is -0.119. The van der Waals surface area contributed by atoms with Gasteiger partial charge in [0.1, 0.15) is 5.75 Å². The molecule has 1 amide bonds. The first-order chi connectivity index (χ1) is 9.83. The Morgan fingerprint density at radius 1 is 1.33 bits per heavy atom. The lowest BCUT2D eigenvalue weighted by atomic mass is 10.1. The normalized spacial score (nSPS) is 11.3. The first-order valence-electron chi connectivity index (χ1n) is 7.25. The first kappa shape index (κ1) is 17.8. The van der Waals surface area contributed by atoms with Gasteiger partial charge in [0.25, 0.3) is 5.91 Å². The van der Waals surface area contributed by atoms with Crippen LogP contribution in [-0.2, 0) is 11.3 Å². The van der Waals surface area contributed by atoms with Crippen molar-refractivity contribution in [3.63, 3.8) is 0 Å². The molecule has 0 saturated carbocycles. The zero-order valence-corrected chi connectivity index (χ0v) is 14.0. The second-order valence-corrected chi connectivity index (χ2v) is 6.37. The molecule has 0 radical (unpaired) electrons. The van der Waals surface area contributed by atoms with Gasteiger partial charge in [0.05, 0.1) is 0 Å². The molecule has 0 heterocycles. The molecule has 0 saturated heterocycles. The van der Waals surface area contributed by atoms with Crippen molar-refractivity contribution in [1.29, 1.82) is 0 Å². The molecule has 0 aliphatic carbocycles. The van der Waals surface area contributed by atoms with Crippen LogP contribution in [0.2, 0.25) is 5.02 Å². The number of carbonyl (C=O) groups is 1. The second kappa shape index (κ2) is 8.25. The van der Waals surface area contributed by atoms with E-state index in [2.05, 4.69) is 31.4 Å². The van der Waals surface area contributed by atoms with E-state index in [-0.39, 0.29) is 18.1 Å². The predicted molar refractivity (Wildman–Crippen MR) is 86.8 cm³/mol.